The van der Waals surface area contributed by atoms with Crippen molar-refractivity contribution < 1.29 is 14.4 Å². The Morgan fingerprint density at radius 3 is 2.28 bits per heavy atom. The molecule has 7 heteroatoms. The Kier molecular flexibility index (Phi) is 8.74. The largest absolute Gasteiger partial charge is 0.345 e. The number of benzodiazepines with no additional fused rings is 1. The summed E-state index contributed by atoms with van der Waals surface area (Å²) in [6.45, 7) is 2.27. The van der Waals surface area contributed by atoms with Gasteiger partial charge in [0, 0.05) is 24.1 Å². The van der Waals surface area contributed by atoms with Crippen molar-refractivity contribution in [1.82, 2.24) is 10.6 Å². The van der Waals surface area contributed by atoms with Crippen LogP contribution in [0.4, 0.5) is 5.69 Å². The summed E-state index contributed by atoms with van der Waals surface area (Å²) < 4.78 is 0. The Hall–Kier alpha value is -3.48. The summed E-state index contributed by atoms with van der Waals surface area (Å²) in [5, 5.41) is 5.72. The summed E-state index contributed by atoms with van der Waals surface area (Å²) in [7, 11) is 0. The first kappa shape index (κ1) is 27.1. The quantitative estimate of drug-likeness (QED) is 0.506. The number of anilines is 1. The fourth-order valence-electron chi connectivity index (χ4n) is 6.27. The molecule has 0 aromatic heterocycles. The lowest BCUT2D eigenvalue weighted by Crippen LogP contribution is -2.53. The van der Waals surface area contributed by atoms with E-state index in [4.69, 9.17) is 4.99 Å². The molecule has 39 heavy (non-hydrogen) atoms. The Bertz CT molecular complexity index is 1200. The average Bonchev–Trinajstić information content (AvgIpc) is 3.44. The van der Waals surface area contributed by atoms with Crippen LogP contribution in [0.3, 0.4) is 0 Å². The summed E-state index contributed by atoms with van der Waals surface area (Å²) in [4.78, 5) is 46.7. The van der Waals surface area contributed by atoms with Gasteiger partial charge in [-0.2, -0.15) is 0 Å². The van der Waals surface area contributed by atoms with Gasteiger partial charge in [0.1, 0.15) is 6.04 Å². The predicted molar refractivity (Wildman–Crippen MR) is 154 cm³/mol. The minimum Gasteiger partial charge on any atom is -0.345 e. The number of aliphatic imine (C=N–C) groups is 1. The van der Waals surface area contributed by atoms with Crippen LogP contribution < -0.4 is 15.5 Å². The third kappa shape index (κ3) is 6.57. The maximum atomic E-state index is 14.1. The molecule has 0 saturated heterocycles. The second-order valence-corrected chi connectivity index (χ2v) is 11.4. The molecule has 3 aliphatic rings. The van der Waals surface area contributed by atoms with Crippen molar-refractivity contribution in [2.45, 2.75) is 83.3 Å². The van der Waals surface area contributed by atoms with Gasteiger partial charge in [-0.3, -0.25) is 14.4 Å². The third-order valence-electron chi connectivity index (χ3n) is 8.42. The topological polar surface area (TPSA) is 90.9 Å². The third-order valence-corrected chi connectivity index (χ3v) is 8.42. The van der Waals surface area contributed by atoms with Crippen molar-refractivity contribution in [2.24, 2.45) is 16.8 Å². The number of hydrogen-bond donors (Lipinski definition) is 2. The van der Waals surface area contributed by atoms with Gasteiger partial charge in [0.25, 0.3) is 5.91 Å². The lowest BCUT2D eigenvalue weighted by molar-refractivity contribution is -0.131. The van der Waals surface area contributed by atoms with Crippen molar-refractivity contribution in [3.8, 4) is 0 Å². The molecule has 1 heterocycles. The van der Waals surface area contributed by atoms with Gasteiger partial charge < -0.3 is 15.5 Å². The average molecular weight is 529 g/mol. The monoisotopic (exact) mass is 528 g/mol. The molecule has 2 fully saturated rings. The highest BCUT2D eigenvalue weighted by Crippen LogP contribution is 2.32. The molecule has 0 radical (unpaired) electrons. The highest BCUT2D eigenvalue weighted by atomic mass is 16.2. The van der Waals surface area contributed by atoms with Crippen LogP contribution in [0.15, 0.2) is 59.6 Å². The van der Waals surface area contributed by atoms with E-state index >= 15 is 0 Å². The predicted octanol–water partition coefficient (Wildman–Crippen LogP) is 4.98. The Balaban J connectivity index is 1.41. The minimum atomic E-state index is -1.09. The molecular formula is C32H40N4O3. The standard InChI is InChI=1S/C32H40N4O3/c1-22(33-28(37)20-23-12-8-9-13-23)31(38)35-30-32(39)36(21-24-14-4-2-5-15-24)27-19-11-10-18-26(27)29(34-30)25-16-6-3-7-17-25/h3,6-7,10-11,16-19,22-24,30H,2,4-5,8-9,12-15,20-21H2,1H3,(H,33,37)(H,35,38)/t22-,30?/m0/s1. The molecule has 206 valence electrons. The molecule has 1 aliphatic heterocycles. The first-order valence-corrected chi connectivity index (χ1v) is 14.6. The molecule has 5 rings (SSSR count). The Morgan fingerprint density at radius 1 is 0.897 bits per heavy atom. The van der Waals surface area contributed by atoms with Gasteiger partial charge in [-0.15, -0.1) is 0 Å². The van der Waals surface area contributed by atoms with Crippen LogP contribution in [0.2, 0.25) is 0 Å². The van der Waals surface area contributed by atoms with E-state index in [2.05, 4.69) is 10.6 Å². The van der Waals surface area contributed by atoms with E-state index in [-0.39, 0.29) is 11.8 Å². The maximum Gasteiger partial charge on any atom is 0.272 e. The van der Waals surface area contributed by atoms with Gasteiger partial charge in [-0.1, -0.05) is 80.6 Å². The van der Waals surface area contributed by atoms with E-state index in [1.165, 1.54) is 32.1 Å². The molecular weight excluding hydrogens is 488 g/mol. The molecule has 2 aromatic carbocycles. The van der Waals surface area contributed by atoms with Crippen LogP contribution in [-0.4, -0.2) is 42.2 Å². The summed E-state index contributed by atoms with van der Waals surface area (Å²) in [5.41, 5.74) is 3.26. The van der Waals surface area contributed by atoms with Crippen molar-refractivity contribution in [2.75, 3.05) is 11.4 Å². The van der Waals surface area contributed by atoms with Crippen LogP contribution in [-0.2, 0) is 14.4 Å². The van der Waals surface area contributed by atoms with Crippen molar-refractivity contribution in [3.63, 3.8) is 0 Å². The summed E-state index contributed by atoms with van der Waals surface area (Å²) in [6, 6.07) is 16.9. The number of benzene rings is 2. The van der Waals surface area contributed by atoms with Gasteiger partial charge in [-0.25, -0.2) is 4.99 Å². The van der Waals surface area contributed by atoms with E-state index in [1.807, 2.05) is 59.5 Å². The second-order valence-electron chi connectivity index (χ2n) is 11.4. The van der Waals surface area contributed by atoms with Crippen LogP contribution in [0, 0.1) is 11.8 Å². The van der Waals surface area contributed by atoms with Crippen molar-refractivity contribution in [1.29, 1.82) is 0 Å². The molecule has 2 atom stereocenters. The zero-order chi connectivity index (χ0) is 27.2. The van der Waals surface area contributed by atoms with Crippen LogP contribution in [0.1, 0.15) is 82.3 Å². The van der Waals surface area contributed by atoms with Crippen LogP contribution in [0.25, 0.3) is 0 Å². The smallest absolute Gasteiger partial charge is 0.272 e. The number of carbonyl (C=O) groups excluding carboxylic acids is 3. The van der Waals surface area contributed by atoms with Crippen LogP contribution in [0.5, 0.6) is 0 Å². The van der Waals surface area contributed by atoms with Gasteiger partial charge in [0.15, 0.2) is 0 Å². The first-order valence-electron chi connectivity index (χ1n) is 14.6. The zero-order valence-corrected chi connectivity index (χ0v) is 22.9. The minimum absolute atomic E-state index is 0.114. The number of para-hydroxylation sites is 1. The first-order chi connectivity index (χ1) is 19.0. The SMILES string of the molecule is C[C@H](NC(=O)CC1CCCC1)C(=O)NC1N=C(c2ccccc2)c2ccccc2N(CC2CCCCC2)C1=O. The number of nitrogens with zero attached hydrogens (tertiary/aromatic N) is 2. The Labute approximate surface area is 231 Å². The number of fused-ring (bicyclic) bond motifs is 1. The normalized spacial score (nSPS) is 21.1. The van der Waals surface area contributed by atoms with Gasteiger partial charge in [0.2, 0.25) is 18.0 Å². The molecule has 2 aliphatic carbocycles. The molecule has 0 bridgehead atoms. The van der Waals surface area contributed by atoms with Gasteiger partial charge in [-0.05, 0) is 50.5 Å². The fraction of sp³-hybridized carbons (Fsp3) is 0.500. The van der Waals surface area contributed by atoms with E-state index in [1.54, 1.807) is 6.92 Å². The summed E-state index contributed by atoms with van der Waals surface area (Å²) in [5.74, 6) is 0.0500. The molecule has 3 amide bonds. The lowest BCUT2D eigenvalue weighted by Gasteiger charge is -2.31. The summed E-state index contributed by atoms with van der Waals surface area (Å²) >= 11 is 0. The zero-order valence-electron chi connectivity index (χ0n) is 22.9. The molecule has 2 saturated carbocycles. The van der Waals surface area contributed by atoms with Crippen molar-refractivity contribution >= 4 is 29.1 Å². The van der Waals surface area contributed by atoms with Gasteiger partial charge >= 0.3 is 0 Å². The maximum absolute atomic E-state index is 14.1. The number of nitrogens with one attached hydrogen (secondary N) is 2. The Morgan fingerprint density at radius 2 is 1.54 bits per heavy atom. The number of rotatable bonds is 8. The highest BCUT2D eigenvalue weighted by molar-refractivity contribution is 6.20. The molecule has 1 unspecified atom stereocenters. The van der Waals surface area contributed by atoms with E-state index in [9.17, 15) is 14.4 Å². The van der Waals surface area contributed by atoms with Crippen molar-refractivity contribution in [3.05, 3.63) is 65.7 Å². The molecule has 2 aromatic rings. The fourth-order valence-corrected chi connectivity index (χ4v) is 6.27. The number of amides is 3. The second kappa shape index (κ2) is 12.6. The molecule has 0 spiro atoms. The molecule has 2 N–H and O–H groups in total. The number of hydrogen-bond acceptors (Lipinski definition) is 4. The van der Waals surface area contributed by atoms with E-state index < -0.39 is 18.1 Å². The van der Waals surface area contributed by atoms with E-state index in [0.717, 1.165) is 42.5 Å². The summed E-state index contributed by atoms with van der Waals surface area (Å²) in [6.07, 6.45) is 9.62. The lowest BCUT2D eigenvalue weighted by atomic mass is 9.88. The van der Waals surface area contributed by atoms with Crippen LogP contribution >= 0.6 is 0 Å². The highest BCUT2D eigenvalue weighted by Gasteiger charge is 2.35. The molecule has 7 nitrogen and oxygen atoms in total. The van der Waals surface area contributed by atoms with Gasteiger partial charge in [0.05, 0.1) is 11.4 Å². The van der Waals surface area contributed by atoms with E-state index in [0.29, 0.717) is 30.5 Å². The number of carbonyl (C=O) groups is 3.